The lowest BCUT2D eigenvalue weighted by Crippen LogP contribution is -2.34. The summed E-state index contributed by atoms with van der Waals surface area (Å²) in [6, 6.07) is 14.1. The molecule has 29 heavy (non-hydrogen) atoms. The van der Waals surface area contributed by atoms with Crippen LogP contribution in [0.2, 0.25) is 5.02 Å². The molecule has 0 aliphatic heterocycles. The van der Waals surface area contributed by atoms with Crippen LogP contribution in [0.1, 0.15) is 25.8 Å². The Morgan fingerprint density at radius 3 is 2.24 bits per heavy atom. The molecule has 0 aliphatic carbocycles. The Bertz CT molecular complexity index is 1120. The minimum atomic E-state index is -4.03. The molecule has 152 valence electrons. The number of nitrogens with one attached hydrogen (secondary N) is 2. The standard InChI is InChI=1S/C20H20ClN3O3S2/c1-20(2,3)18-22-16(13-7-5-4-6-8-13)17(28-18)23-19(25)24-29(26,27)15-11-9-14(21)10-12-15/h4-12H,1-3H3,(H2,23,24,25). The number of rotatable bonds is 4. The van der Waals surface area contributed by atoms with E-state index in [2.05, 4.69) is 10.3 Å². The number of hydrogen-bond donors (Lipinski definition) is 2. The molecule has 3 aromatic rings. The zero-order chi connectivity index (χ0) is 21.2. The second-order valence-corrected chi connectivity index (χ2v) is 10.4. The van der Waals surface area contributed by atoms with Crippen LogP contribution in [0.5, 0.6) is 0 Å². The van der Waals surface area contributed by atoms with Gasteiger partial charge >= 0.3 is 6.03 Å². The predicted octanol–water partition coefficient (Wildman–Crippen LogP) is 5.27. The van der Waals surface area contributed by atoms with Gasteiger partial charge in [-0.3, -0.25) is 5.32 Å². The van der Waals surface area contributed by atoms with Crippen LogP contribution in [0.25, 0.3) is 11.3 Å². The lowest BCUT2D eigenvalue weighted by molar-refractivity contribution is 0.256. The number of hydrogen-bond acceptors (Lipinski definition) is 5. The highest BCUT2D eigenvalue weighted by atomic mass is 35.5. The SMILES string of the molecule is CC(C)(C)c1nc(-c2ccccc2)c(NC(=O)NS(=O)(=O)c2ccc(Cl)cc2)s1. The van der Waals surface area contributed by atoms with E-state index in [-0.39, 0.29) is 10.3 Å². The summed E-state index contributed by atoms with van der Waals surface area (Å²) in [6.45, 7) is 6.07. The summed E-state index contributed by atoms with van der Waals surface area (Å²) >= 11 is 7.11. The van der Waals surface area contributed by atoms with E-state index in [9.17, 15) is 13.2 Å². The van der Waals surface area contributed by atoms with Crippen molar-refractivity contribution in [2.75, 3.05) is 5.32 Å². The van der Waals surface area contributed by atoms with Gasteiger partial charge in [-0.2, -0.15) is 0 Å². The molecule has 2 amide bonds. The molecule has 0 aliphatic rings. The molecule has 0 bridgehead atoms. The Hall–Kier alpha value is -2.42. The Kier molecular flexibility index (Phi) is 5.97. The van der Waals surface area contributed by atoms with Gasteiger partial charge < -0.3 is 0 Å². The van der Waals surface area contributed by atoms with Crippen molar-refractivity contribution in [3.8, 4) is 11.3 Å². The van der Waals surface area contributed by atoms with Crippen LogP contribution in [0.4, 0.5) is 9.80 Å². The maximum atomic E-state index is 12.5. The van der Waals surface area contributed by atoms with Crippen molar-refractivity contribution >= 4 is 44.0 Å². The van der Waals surface area contributed by atoms with E-state index < -0.39 is 16.1 Å². The third-order valence-corrected chi connectivity index (χ3v) is 6.89. The van der Waals surface area contributed by atoms with Gasteiger partial charge in [-0.1, -0.05) is 62.7 Å². The van der Waals surface area contributed by atoms with Crippen molar-refractivity contribution in [1.82, 2.24) is 9.71 Å². The molecule has 0 unspecified atom stereocenters. The molecule has 6 nitrogen and oxygen atoms in total. The molecule has 9 heteroatoms. The average Bonchev–Trinajstić information content (AvgIpc) is 3.06. The minimum absolute atomic E-state index is 0.0555. The fraction of sp³-hybridized carbons (Fsp3) is 0.200. The van der Waals surface area contributed by atoms with Crippen LogP contribution in [0, 0.1) is 0 Å². The number of halogens is 1. The van der Waals surface area contributed by atoms with Crippen molar-refractivity contribution in [3.05, 3.63) is 64.6 Å². The van der Waals surface area contributed by atoms with Gasteiger partial charge in [0.1, 0.15) is 15.7 Å². The third kappa shape index (κ3) is 5.14. The van der Waals surface area contributed by atoms with Gasteiger partial charge in [0.05, 0.1) is 4.90 Å². The summed E-state index contributed by atoms with van der Waals surface area (Å²) in [6.07, 6.45) is 0. The van der Waals surface area contributed by atoms with E-state index in [0.717, 1.165) is 10.6 Å². The van der Waals surface area contributed by atoms with E-state index in [0.29, 0.717) is 15.7 Å². The number of amides is 2. The van der Waals surface area contributed by atoms with Gasteiger partial charge in [0.25, 0.3) is 10.0 Å². The van der Waals surface area contributed by atoms with Crippen molar-refractivity contribution in [2.24, 2.45) is 0 Å². The number of nitrogens with zero attached hydrogens (tertiary/aromatic N) is 1. The zero-order valence-electron chi connectivity index (χ0n) is 16.1. The number of urea groups is 1. The molecule has 0 spiro atoms. The number of thiazole rings is 1. The van der Waals surface area contributed by atoms with E-state index in [1.165, 1.54) is 35.6 Å². The van der Waals surface area contributed by atoms with Gasteiger partial charge in [0.2, 0.25) is 0 Å². The van der Waals surface area contributed by atoms with E-state index in [4.69, 9.17) is 11.6 Å². The number of aromatic nitrogens is 1. The van der Waals surface area contributed by atoms with Crippen LogP contribution in [-0.2, 0) is 15.4 Å². The predicted molar refractivity (Wildman–Crippen MR) is 117 cm³/mol. The summed E-state index contributed by atoms with van der Waals surface area (Å²) < 4.78 is 26.9. The van der Waals surface area contributed by atoms with Crippen molar-refractivity contribution < 1.29 is 13.2 Å². The Labute approximate surface area is 179 Å². The highest BCUT2D eigenvalue weighted by Gasteiger charge is 2.24. The summed E-state index contributed by atoms with van der Waals surface area (Å²) in [4.78, 5) is 17.1. The van der Waals surface area contributed by atoms with Crippen LogP contribution >= 0.6 is 22.9 Å². The van der Waals surface area contributed by atoms with Crippen molar-refractivity contribution in [2.45, 2.75) is 31.1 Å². The molecule has 1 aromatic heterocycles. The molecule has 0 atom stereocenters. The second-order valence-electron chi connectivity index (χ2n) is 7.33. The van der Waals surface area contributed by atoms with Crippen molar-refractivity contribution in [1.29, 1.82) is 0 Å². The summed E-state index contributed by atoms with van der Waals surface area (Å²) in [5.41, 5.74) is 1.20. The number of benzene rings is 2. The zero-order valence-corrected chi connectivity index (χ0v) is 18.5. The molecule has 3 rings (SSSR count). The highest BCUT2D eigenvalue weighted by Crippen LogP contribution is 2.38. The molecule has 0 saturated carbocycles. The Morgan fingerprint density at radius 1 is 1.03 bits per heavy atom. The topological polar surface area (TPSA) is 88.2 Å². The molecular weight excluding hydrogens is 430 g/mol. The normalized spacial score (nSPS) is 11.9. The largest absolute Gasteiger partial charge is 0.333 e. The van der Waals surface area contributed by atoms with E-state index in [1.807, 2.05) is 55.8 Å². The van der Waals surface area contributed by atoms with Crippen LogP contribution in [-0.4, -0.2) is 19.4 Å². The van der Waals surface area contributed by atoms with Crippen molar-refractivity contribution in [3.63, 3.8) is 0 Å². The third-order valence-electron chi connectivity index (χ3n) is 3.89. The Morgan fingerprint density at radius 2 is 1.66 bits per heavy atom. The fourth-order valence-corrected chi connectivity index (χ4v) is 4.51. The van der Waals surface area contributed by atoms with Crippen LogP contribution in [0.15, 0.2) is 59.5 Å². The van der Waals surface area contributed by atoms with Gasteiger partial charge in [-0.25, -0.2) is 22.9 Å². The summed E-state index contributed by atoms with van der Waals surface area (Å²) in [5, 5.41) is 4.35. The summed E-state index contributed by atoms with van der Waals surface area (Å²) in [5.74, 6) is 0. The number of carbonyl (C=O) groups is 1. The quantitative estimate of drug-likeness (QED) is 0.567. The molecule has 2 aromatic carbocycles. The van der Waals surface area contributed by atoms with Gasteiger partial charge in [-0.15, -0.1) is 11.3 Å². The second kappa shape index (κ2) is 8.14. The summed E-state index contributed by atoms with van der Waals surface area (Å²) in [7, 11) is -4.03. The van der Waals surface area contributed by atoms with Gasteiger partial charge in [0.15, 0.2) is 0 Å². The first-order chi connectivity index (χ1) is 13.6. The lowest BCUT2D eigenvalue weighted by Gasteiger charge is -2.13. The molecule has 0 radical (unpaired) electrons. The number of sulfonamides is 1. The first-order valence-electron chi connectivity index (χ1n) is 8.72. The maximum absolute atomic E-state index is 12.5. The molecule has 0 fully saturated rings. The highest BCUT2D eigenvalue weighted by molar-refractivity contribution is 7.90. The fourth-order valence-electron chi connectivity index (χ4n) is 2.44. The smallest absolute Gasteiger partial charge is 0.297 e. The van der Waals surface area contributed by atoms with Crippen LogP contribution < -0.4 is 10.0 Å². The van der Waals surface area contributed by atoms with Crippen LogP contribution in [0.3, 0.4) is 0 Å². The number of anilines is 1. The lowest BCUT2D eigenvalue weighted by atomic mass is 9.98. The Balaban J connectivity index is 1.88. The van der Waals surface area contributed by atoms with E-state index >= 15 is 0 Å². The molecule has 1 heterocycles. The first-order valence-corrected chi connectivity index (χ1v) is 11.4. The van der Waals surface area contributed by atoms with E-state index in [1.54, 1.807) is 0 Å². The number of carbonyl (C=O) groups excluding carboxylic acids is 1. The minimum Gasteiger partial charge on any atom is -0.297 e. The maximum Gasteiger partial charge on any atom is 0.333 e. The first kappa shape index (κ1) is 21.3. The van der Waals surface area contributed by atoms with Gasteiger partial charge in [-0.05, 0) is 24.3 Å². The molecular formula is C20H20ClN3O3S2. The molecule has 0 saturated heterocycles. The average molecular weight is 450 g/mol. The molecule has 2 N–H and O–H groups in total. The monoisotopic (exact) mass is 449 g/mol. The van der Waals surface area contributed by atoms with Gasteiger partial charge in [0, 0.05) is 16.0 Å².